The van der Waals surface area contributed by atoms with Crippen LogP contribution in [0.25, 0.3) is 6.08 Å². The number of halogens is 1. The third-order valence-electron chi connectivity index (χ3n) is 7.44. The number of amidine groups is 1. The number of rotatable bonds is 10. The van der Waals surface area contributed by atoms with Crippen molar-refractivity contribution in [1.29, 1.82) is 0 Å². The van der Waals surface area contributed by atoms with Crippen LogP contribution in [0, 0.1) is 0 Å². The van der Waals surface area contributed by atoms with E-state index in [4.69, 9.17) is 0 Å². The molecule has 3 N–H and O–H groups in total. The summed E-state index contributed by atoms with van der Waals surface area (Å²) in [7, 11) is 0. The zero-order chi connectivity index (χ0) is 34.9. The van der Waals surface area contributed by atoms with Crippen molar-refractivity contribution in [2.75, 3.05) is 10.3 Å². The molecule has 0 aromatic heterocycles. The van der Waals surface area contributed by atoms with E-state index >= 15 is 0 Å². The lowest BCUT2D eigenvalue weighted by Gasteiger charge is -2.17. The predicted octanol–water partition coefficient (Wildman–Crippen LogP) is 7.56. The minimum absolute atomic E-state index is 0.0228. The van der Waals surface area contributed by atoms with Crippen LogP contribution in [0.3, 0.4) is 0 Å². The molecule has 11 heteroatoms. The molecule has 1 atom stereocenters. The summed E-state index contributed by atoms with van der Waals surface area (Å²) in [4.78, 5) is 53.6. The number of amides is 4. The van der Waals surface area contributed by atoms with E-state index < -0.39 is 17.1 Å². The Bertz CT molecular complexity index is 2070. The Morgan fingerprint density at radius 2 is 1.44 bits per heavy atom. The number of nitrogens with one attached hydrogen (secondary N) is 3. The van der Waals surface area contributed by atoms with Crippen molar-refractivity contribution in [3.8, 4) is 0 Å². The average Bonchev–Trinajstić information content (AvgIpc) is 3.51. The topological polar surface area (TPSA) is 120 Å². The minimum Gasteiger partial charge on any atom is -0.321 e. The first-order valence-electron chi connectivity index (χ1n) is 15.6. The summed E-state index contributed by atoms with van der Waals surface area (Å²) < 4.78 is 0.829. The molecule has 0 spiro atoms. The quantitative estimate of drug-likeness (QED) is 0.101. The van der Waals surface area contributed by atoms with Crippen molar-refractivity contribution in [2.24, 2.45) is 5.10 Å². The summed E-state index contributed by atoms with van der Waals surface area (Å²) in [6.45, 7) is 0. The van der Waals surface area contributed by atoms with Crippen LogP contribution in [0.2, 0.25) is 0 Å². The van der Waals surface area contributed by atoms with Crippen LogP contribution in [0.5, 0.6) is 0 Å². The van der Waals surface area contributed by atoms with Crippen molar-refractivity contribution in [1.82, 2.24) is 10.6 Å². The Hall–Kier alpha value is -5.78. The summed E-state index contributed by atoms with van der Waals surface area (Å²) in [6.07, 6.45) is 1.58. The van der Waals surface area contributed by atoms with Crippen molar-refractivity contribution < 1.29 is 19.2 Å². The smallest absolute Gasteiger partial charge is 0.272 e. The second kappa shape index (κ2) is 16.1. The lowest BCUT2D eigenvalue weighted by atomic mass is 10.1. The van der Waals surface area contributed by atoms with Gasteiger partial charge in [-0.1, -0.05) is 94.8 Å². The molecule has 5 aromatic carbocycles. The van der Waals surface area contributed by atoms with Gasteiger partial charge in [0.1, 0.15) is 16.8 Å². The monoisotopic (exact) mass is 743 g/mol. The van der Waals surface area contributed by atoms with Gasteiger partial charge in [0.25, 0.3) is 17.7 Å². The Morgan fingerprint density at radius 1 is 0.780 bits per heavy atom. The first kappa shape index (κ1) is 34.1. The number of carbonyl (C=O) groups is 4. The summed E-state index contributed by atoms with van der Waals surface area (Å²) in [5.41, 5.74) is 3.09. The maximum atomic E-state index is 13.7. The van der Waals surface area contributed by atoms with E-state index in [2.05, 4.69) is 37.0 Å². The number of hydrogen-bond donors (Lipinski definition) is 3. The number of nitrogens with zero attached hydrogens (tertiary/aromatic N) is 2. The van der Waals surface area contributed by atoms with Gasteiger partial charge in [0.2, 0.25) is 5.91 Å². The molecule has 1 aliphatic heterocycles. The van der Waals surface area contributed by atoms with Gasteiger partial charge in [0.05, 0.1) is 12.1 Å². The third kappa shape index (κ3) is 8.81. The molecule has 4 amide bonds. The molecule has 0 saturated heterocycles. The molecule has 50 heavy (non-hydrogen) atoms. The van der Waals surface area contributed by atoms with Gasteiger partial charge in [-0.15, -0.1) is 11.8 Å². The number of para-hydroxylation sites is 1. The van der Waals surface area contributed by atoms with Gasteiger partial charge in [0, 0.05) is 20.6 Å². The zero-order valence-electron chi connectivity index (χ0n) is 26.5. The highest BCUT2D eigenvalue weighted by Crippen LogP contribution is 2.36. The van der Waals surface area contributed by atoms with Crippen LogP contribution in [-0.4, -0.2) is 29.5 Å². The lowest BCUT2D eigenvalue weighted by molar-refractivity contribution is -0.119. The molecular formula is C39H30BrN5O4S. The Labute approximate surface area is 301 Å². The van der Waals surface area contributed by atoms with Gasteiger partial charge in [-0.3, -0.25) is 19.2 Å². The van der Waals surface area contributed by atoms with Crippen LogP contribution < -0.4 is 21.0 Å². The maximum Gasteiger partial charge on any atom is 0.272 e. The van der Waals surface area contributed by atoms with Crippen LogP contribution in [0.4, 0.5) is 11.4 Å². The second-order valence-corrected chi connectivity index (χ2v) is 13.2. The second-order valence-electron chi connectivity index (χ2n) is 11.1. The Morgan fingerprint density at radius 3 is 2.12 bits per heavy atom. The Kier molecular flexibility index (Phi) is 11.0. The molecule has 0 saturated carbocycles. The average molecular weight is 745 g/mol. The van der Waals surface area contributed by atoms with Crippen LogP contribution in [-0.2, 0) is 14.4 Å². The van der Waals surface area contributed by atoms with E-state index in [9.17, 15) is 19.2 Å². The fourth-order valence-electron chi connectivity index (χ4n) is 5.04. The van der Waals surface area contributed by atoms with Crippen LogP contribution >= 0.6 is 27.7 Å². The molecule has 5 aromatic rings. The van der Waals surface area contributed by atoms with Crippen molar-refractivity contribution in [2.45, 2.75) is 16.6 Å². The first-order chi connectivity index (χ1) is 24.3. The van der Waals surface area contributed by atoms with Crippen molar-refractivity contribution in [3.05, 3.63) is 166 Å². The number of hydrazone groups is 1. The fourth-order valence-corrected chi connectivity index (χ4v) is 6.48. The minimum atomic E-state index is -0.659. The molecule has 0 fully saturated rings. The lowest BCUT2D eigenvalue weighted by Crippen LogP contribution is -2.33. The highest BCUT2D eigenvalue weighted by Gasteiger charge is 2.29. The van der Waals surface area contributed by atoms with E-state index in [1.54, 1.807) is 66.7 Å². The number of benzene rings is 5. The highest BCUT2D eigenvalue weighted by atomic mass is 79.9. The normalized spacial score (nSPS) is 13.3. The number of hydrogen-bond acceptors (Lipinski definition) is 6. The van der Waals surface area contributed by atoms with Gasteiger partial charge in [-0.25, -0.2) is 0 Å². The summed E-state index contributed by atoms with van der Waals surface area (Å²) >= 11 is 4.77. The van der Waals surface area contributed by atoms with Gasteiger partial charge >= 0.3 is 0 Å². The maximum absolute atomic E-state index is 13.7. The largest absolute Gasteiger partial charge is 0.321 e. The van der Waals surface area contributed by atoms with E-state index in [0.29, 0.717) is 16.9 Å². The number of thioether (sulfide) groups is 1. The van der Waals surface area contributed by atoms with Crippen LogP contribution in [0.1, 0.15) is 33.2 Å². The zero-order valence-corrected chi connectivity index (χ0v) is 28.9. The molecule has 0 bridgehead atoms. The van der Waals surface area contributed by atoms with E-state index in [0.717, 1.165) is 20.5 Å². The highest BCUT2D eigenvalue weighted by molar-refractivity contribution is 9.10. The molecule has 248 valence electrons. The van der Waals surface area contributed by atoms with Crippen LogP contribution in [0.15, 0.2) is 160 Å². The van der Waals surface area contributed by atoms with E-state index in [1.165, 1.54) is 16.8 Å². The summed E-state index contributed by atoms with van der Waals surface area (Å²) in [6, 6.07) is 41.5. The van der Waals surface area contributed by atoms with Gasteiger partial charge in [0.15, 0.2) is 0 Å². The predicted molar refractivity (Wildman–Crippen MR) is 200 cm³/mol. The summed E-state index contributed by atoms with van der Waals surface area (Å²) in [5, 5.41) is 13.5. The number of anilines is 2. The van der Waals surface area contributed by atoms with Gasteiger partial charge in [-0.05, 0) is 77.9 Å². The van der Waals surface area contributed by atoms with Crippen molar-refractivity contribution >= 4 is 74.6 Å². The molecule has 1 unspecified atom stereocenters. The molecular weight excluding hydrogens is 714 g/mol. The third-order valence-corrected chi connectivity index (χ3v) is 9.20. The first-order valence-corrected chi connectivity index (χ1v) is 17.2. The molecule has 6 rings (SSSR count). The Balaban J connectivity index is 1.17. The van der Waals surface area contributed by atoms with E-state index in [-0.39, 0.29) is 29.8 Å². The fraction of sp³-hybridized carbons (Fsp3) is 0.0513. The SMILES string of the molecule is O=C(Nc1ccc(SC(C(=O)NC2=NN(c3ccccc3)C(=O)C2)c2ccccc2)cc1)/C(=C/c1cccc(Br)c1)NC(=O)c1ccccc1. The standard InChI is InChI=1S/C39H30BrN5O4S/c40-29-16-10-11-26(23-29)24-33(42-37(47)28-14-6-2-7-15-28)38(48)41-30-19-21-32(22-20-30)50-36(27-12-4-1-5-13-27)39(49)43-34-25-35(46)45(44-34)31-17-8-3-9-18-31/h1-24,36H,25H2,(H,41,48)(H,42,47)(H,43,44,49)/b33-24-. The molecule has 0 aliphatic carbocycles. The van der Waals surface area contributed by atoms with Gasteiger partial charge in [-0.2, -0.15) is 10.1 Å². The molecule has 1 aliphatic rings. The molecule has 1 heterocycles. The number of carbonyl (C=O) groups excluding carboxylic acids is 4. The van der Waals surface area contributed by atoms with Crippen molar-refractivity contribution in [3.63, 3.8) is 0 Å². The summed E-state index contributed by atoms with van der Waals surface area (Å²) in [5.74, 6) is -1.21. The van der Waals surface area contributed by atoms with Gasteiger partial charge < -0.3 is 16.0 Å². The molecule has 9 nitrogen and oxygen atoms in total. The molecule has 0 radical (unpaired) electrons. The van der Waals surface area contributed by atoms with E-state index in [1.807, 2.05) is 78.9 Å².